The zero-order valence-electron chi connectivity index (χ0n) is 16.6. The van der Waals surface area contributed by atoms with Crippen molar-refractivity contribution in [2.75, 3.05) is 45.9 Å². The first kappa shape index (κ1) is 19.3. The van der Waals surface area contributed by atoms with Gasteiger partial charge in [-0.3, -0.25) is 4.90 Å². The number of likely N-dealkylation sites (tertiary alicyclic amines) is 1. The number of hydrogen-bond donors (Lipinski definition) is 0. The fourth-order valence-electron chi connectivity index (χ4n) is 4.24. The van der Waals surface area contributed by atoms with Crippen LogP contribution >= 0.6 is 11.3 Å². The molecule has 3 nitrogen and oxygen atoms in total. The number of ether oxygens (including phenoxy) is 1. The normalized spacial score (nSPS) is 23.5. The molecule has 0 spiro atoms. The van der Waals surface area contributed by atoms with Gasteiger partial charge in [0.25, 0.3) is 0 Å². The molecule has 2 unspecified atom stereocenters. The lowest BCUT2D eigenvalue weighted by Gasteiger charge is -2.40. The molecule has 3 heterocycles. The average Bonchev–Trinajstić information content (AvgIpc) is 3.07. The van der Waals surface area contributed by atoms with E-state index < -0.39 is 0 Å². The molecule has 2 saturated heterocycles. The highest BCUT2D eigenvalue weighted by atomic mass is 32.1. The first-order valence-corrected chi connectivity index (χ1v) is 10.9. The van der Waals surface area contributed by atoms with E-state index in [4.69, 9.17) is 4.74 Å². The lowest BCUT2D eigenvalue weighted by molar-refractivity contribution is -0.000345. The highest BCUT2D eigenvalue weighted by Crippen LogP contribution is 2.38. The van der Waals surface area contributed by atoms with E-state index in [1.54, 1.807) is 4.88 Å². The quantitative estimate of drug-likeness (QED) is 0.763. The molecule has 0 aromatic carbocycles. The van der Waals surface area contributed by atoms with Crippen LogP contribution in [0.2, 0.25) is 0 Å². The van der Waals surface area contributed by atoms with Crippen molar-refractivity contribution in [2.45, 2.75) is 58.4 Å². The van der Waals surface area contributed by atoms with Crippen molar-refractivity contribution in [1.82, 2.24) is 9.80 Å². The summed E-state index contributed by atoms with van der Waals surface area (Å²) in [5.74, 6) is 0.655. The van der Waals surface area contributed by atoms with Crippen LogP contribution in [0.1, 0.15) is 62.8 Å². The molecule has 0 amide bonds. The van der Waals surface area contributed by atoms with Crippen molar-refractivity contribution in [3.63, 3.8) is 0 Å². The van der Waals surface area contributed by atoms with Crippen molar-refractivity contribution < 1.29 is 4.74 Å². The maximum absolute atomic E-state index is 5.63. The molecule has 0 aliphatic carbocycles. The molecule has 2 fully saturated rings. The number of morpholine rings is 1. The van der Waals surface area contributed by atoms with Crippen LogP contribution in [-0.4, -0.2) is 55.7 Å². The van der Waals surface area contributed by atoms with Gasteiger partial charge in [-0.2, -0.15) is 0 Å². The van der Waals surface area contributed by atoms with Gasteiger partial charge in [0.15, 0.2) is 0 Å². The minimum Gasteiger partial charge on any atom is -0.379 e. The maximum atomic E-state index is 5.63. The summed E-state index contributed by atoms with van der Waals surface area (Å²) in [6.45, 7) is 17.1. The third kappa shape index (κ3) is 5.06. The Morgan fingerprint density at radius 2 is 1.72 bits per heavy atom. The Balaban J connectivity index is 1.77. The zero-order chi connectivity index (χ0) is 17.9. The molecule has 4 heteroatoms. The Morgan fingerprint density at radius 3 is 2.32 bits per heavy atom. The van der Waals surface area contributed by atoms with Crippen LogP contribution in [0.5, 0.6) is 0 Å². The topological polar surface area (TPSA) is 15.7 Å². The molecule has 0 N–H and O–H groups in total. The van der Waals surface area contributed by atoms with Crippen LogP contribution in [0.4, 0.5) is 0 Å². The summed E-state index contributed by atoms with van der Waals surface area (Å²) in [7, 11) is 0. The number of hydrogen-bond acceptors (Lipinski definition) is 4. The van der Waals surface area contributed by atoms with Crippen molar-refractivity contribution in [2.24, 2.45) is 5.92 Å². The Hall–Kier alpha value is -0.420. The van der Waals surface area contributed by atoms with Gasteiger partial charge in [0, 0.05) is 35.4 Å². The van der Waals surface area contributed by atoms with Crippen LogP contribution in [0.3, 0.4) is 0 Å². The van der Waals surface area contributed by atoms with E-state index in [9.17, 15) is 0 Å². The van der Waals surface area contributed by atoms with Gasteiger partial charge in [0.05, 0.1) is 13.2 Å². The molecular weight excluding hydrogens is 328 g/mol. The van der Waals surface area contributed by atoms with E-state index >= 15 is 0 Å². The second-order valence-corrected chi connectivity index (χ2v) is 10.00. The summed E-state index contributed by atoms with van der Waals surface area (Å²) in [6, 6.07) is 5.30. The summed E-state index contributed by atoms with van der Waals surface area (Å²) in [4.78, 5) is 8.43. The SMILES string of the molecule is CC(CN1CCCCC1)C(c1ccc(C(C)(C)C)s1)N1CCOCC1. The predicted octanol–water partition coefficient (Wildman–Crippen LogP) is 4.54. The van der Waals surface area contributed by atoms with Crippen LogP contribution in [-0.2, 0) is 10.2 Å². The van der Waals surface area contributed by atoms with Gasteiger partial charge < -0.3 is 9.64 Å². The van der Waals surface area contributed by atoms with E-state index in [1.807, 2.05) is 11.3 Å². The monoisotopic (exact) mass is 364 g/mol. The highest BCUT2D eigenvalue weighted by molar-refractivity contribution is 7.12. The second kappa shape index (κ2) is 8.51. The largest absolute Gasteiger partial charge is 0.379 e. The minimum atomic E-state index is 0.245. The molecule has 2 aliphatic rings. The molecule has 142 valence electrons. The molecule has 2 atom stereocenters. The number of rotatable bonds is 5. The lowest BCUT2D eigenvalue weighted by Crippen LogP contribution is -2.44. The number of piperidine rings is 1. The van der Waals surface area contributed by atoms with Crippen LogP contribution in [0.15, 0.2) is 12.1 Å². The lowest BCUT2D eigenvalue weighted by atomic mass is 9.94. The summed E-state index contributed by atoms with van der Waals surface area (Å²) < 4.78 is 5.63. The van der Waals surface area contributed by atoms with Crippen molar-refractivity contribution in [3.05, 3.63) is 21.9 Å². The molecule has 0 radical (unpaired) electrons. The maximum Gasteiger partial charge on any atom is 0.0594 e. The van der Waals surface area contributed by atoms with Gasteiger partial charge in [-0.1, -0.05) is 34.1 Å². The van der Waals surface area contributed by atoms with Crippen LogP contribution < -0.4 is 0 Å². The molecule has 25 heavy (non-hydrogen) atoms. The molecule has 1 aromatic rings. The second-order valence-electron chi connectivity index (χ2n) is 8.88. The Labute approximate surface area is 158 Å². The van der Waals surface area contributed by atoms with E-state index in [0.717, 1.165) is 26.3 Å². The van der Waals surface area contributed by atoms with E-state index in [0.29, 0.717) is 12.0 Å². The molecular formula is C21H36N2OS. The van der Waals surface area contributed by atoms with Gasteiger partial charge >= 0.3 is 0 Å². The first-order chi connectivity index (χ1) is 11.9. The molecule has 2 aliphatic heterocycles. The Morgan fingerprint density at radius 1 is 1.04 bits per heavy atom. The molecule has 0 saturated carbocycles. The van der Waals surface area contributed by atoms with Gasteiger partial charge in [0.1, 0.15) is 0 Å². The third-order valence-electron chi connectivity index (χ3n) is 5.63. The fourth-order valence-corrected chi connectivity index (χ4v) is 5.57. The molecule has 3 rings (SSSR count). The molecule has 0 bridgehead atoms. The molecule has 1 aromatic heterocycles. The first-order valence-electron chi connectivity index (χ1n) is 10.1. The number of nitrogens with zero attached hydrogens (tertiary/aromatic N) is 2. The summed E-state index contributed by atoms with van der Waals surface area (Å²) in [5.41, 5.74) is 0.245. The van der Waals surface area contributed by atoms with Gasteiger partial charge in [-0.05, 0) is 49.4 Å². The third-order valence-corrected chi connectivity index (χ3v) is 7.21. The van der Waals surface area contributed by atoms with E-state index in [1.165, 1.54) is 43.8 Å². The smallest absolute Gasteiger partial charge is 0.0594 e. The van der Waals surface area contributed by atoms with Crippen molar-refractivity contribution >= 4 is 11.3 Å². The Bertz CT molecular complexity index is 524. The van der Waals surface area contributed by atoms with E-state index in [2.05, 4.69) is 49.6 Å². The average molecular weight is 365 g/mol. The van der Waals surface area contributed by atoms with Crippen LogP contribution in [0, 0.1) is 5.92 Å². The van der Waals surface area contributed by atoms with Gasteiger partial charge in [0.2, 0.25) is 0 Å². The predicted molar refractivity (Wildman–Crippen MR) is 108 cm³/mol. The standard InChI is InChI=1S/C21H36N2OS/c1-17(16-22-10-6-5-7-11-22)20(23-12-14-24-15-13-23)18-8-9-19(25-18)21(2,3)4/h8-9,17,20H,5-7,10-16H2,1-4H3. The Kier molecular flexibility index (Phi) is 6.59. The van der Waals surface area contributed by atoms with Crippen molar-refractivity contribution in [1.29, 1.82) is 0 Å². The van der Waals surface area contributed by atoms with Gasteiger partial charge in [-0.15, -0.1) is 11.3 Å². The summed E-state index contributed by atoms with van der Waals surface area (Å²) in [6.07, 6.45) is 4.17. The van der Waals surface area contributed by atoms with E-state index in [-0.39, 0.29) is 5.41 Å². The fraction of sp³-hybridized carbons (Fsp3) is 0.810. The highest BCUT2D eigenvalue weighted by Gasteiger charge is 2.31. The minimum absolute atomic E-state index is 0.245. The van der Waals surface area contributed by atoms with Crippen molar-refractivity contribution in [3.8, 4) is 0 Å². The van der Waals surface area contributed by atoms with Crippen LogP contribution in [0.25, 0.3) is 0 Å². The zero-order valence-corrected chi connectivity index (χ0v) is 17.4. The van der Waals surface area contributed by atoms with Gasteiger partial charge in [-0.25, -0.2) is 0 Å². The summed E-state index contributed by atoms with van der Waals surface area (Å²) >= 11 is 2.03. The summed E-state index contributed by atoms with van der Waals surface area (Å²) in [5, 5.41) is 0. The number of thiophene rings is 1.